The van der Waals surface area contributed by atoms with Crippen LogP contribution in [0.25, 0.3) is 32.1 Å². The molecule has 12 heteroatoms. The molecule has 9 rings (SSSR count). The summed E-state index contributed by atoms with van der Waals surface area (Å²) < 4.78 is 45.1. The maximum atomic E-state index is 17.4. The number of nitrogens with two attached hydrogens (primary N) is 1. The summed E-state index contributed by atoms with van der Waals surface area (Å²) in [6.07, 6.45) is 2.44. The number of aryl methyl sites for hydroxylation is 1. The molecule has 4 fully saturated rings. The zero-order chi connectivity index (χ0) is 32.6. The van der Waals surface area contributed by atoms with Gasteiger partial charge in [-0.25, -0.2) is 8.78 Å². The van der Waals surface area contributed by atoms with Crippen molar-refractivity contribution >= 4 is 43.1 Å². The van der Waals surface area contributed by atoms with Crippen LogP contribution in [0.3, 0.4) is 0 Å². The normalized spacial score (nSPS) is 26.1. The summed E-state index contributed by atoms with van der Waals surface area (Å²) in [5, 5.41) is 15.3. The Morgan fingerprint density at radius 1 is 1.17 bits per heavy atom. The van der Waals surface area contributed by atoms with E-state index in [0.29, 0.717) is 57.9 Å². The molecule has 5 aliphatic rings. The number of piperazine rings is 1. The van der Waals surface area contributed by atoms with Crippen LogP contribution in [0.1, 0.15) is 61.8 Å². The third-order valence-corrected chi connectivity index (χ3v) is 11.8. The largest absolute Gasteiger partial charge is 0.461 e. The zero-order valence-electron chi connectivity index (χ0n) is 27.0. The van der Waals surface area contributed by atoms with E-state index >= 15 is 4.39 Å². The van der Waals surface area contributed by atoms with E-state index in [1.165, 1.54) is 11.3 Å². The van der Waals surface area contributed by atoms with Crippen LogP contribution in [0.5, 0.6) is 6.01 Å². The summed E-state index contributed by atoms with van der Waals surface area (Å²) in [6.45, 7) is 9.65. The number of nitrogens with one attached hydrogen (secondary N) is 1. The average Bonchev–Trinajstić information content (AvgIpc) is 3.84. The Morgan fingerprint density at radius 3 is 2.72 bits per heavy atom. The number of aromatic nitrogens is 2. The molecule has 7 heterocycles. The van der Waals surface area contributed by atoms with Crippen molar-refractivity contribution in [1.82, 2.24) is 20.2 Å². The van der Waals surface area contributed by atoms with Crippen molar-refractivity contribution in [3.05, 3.63) is 40.2 Å². The van der Waals surface area contributed by atoms with E-state index in [2.05, 4.69) is 21.2 Å². The number of rotatable bonds is 5. The van der Waals surface area contributed by atoms with Gasteiger partial charge in [-0.2, -0.15) is 15.2 Å². The zero-order valence-corrected chi connectivity index (χ0v) is 27.8. The summed E-state index contributed by atoms with van der Waals surface area (Å²) in [5.41, 5.74) is 9.93. The first-order valence-electron chi connectivity index (χ1n) is 16.7. The Hall–Kier alpha value is -3.63. The lowest BCUT2D eigenvalue weighted by atomic mass is 9.86. The first-order chi connectivity index (χ1) is 22.9. The van der Waals surface area contributed by atoms with Crippen molar-refractivity contribution in [1.29, 1.82) is 5.26 Å². The molecule has 0 aliphatic carbocycles. The van der Waals surface area contributed by atoms with Crippen molar-refractivity contribution in [2.24, 2.45) is 0 Å². The Morgan fingerprint density at radius 2 is 1.96 bits per heavy atom. The molecule has 5 aliphatic heterocycles. The SMILES string of the molecule is CC.Cc1ccc2sc(N)c(C#N)c2c1-c1c2c(c3c(N4C5CNCC4C5)nc(OC[C@@]45CCCN4CC(F)C5)nc3c1F)COC2. The number of ether oxygens (including phenoxy) is 2. The van der Waals surface area contributed by atoms with Gasteiger partial charge in [-0.05, 0) is 61.1 Å². The minimum absolute atomic E-state index is 0.107. The lowest BCUT2D eigenvalue weighted by molar-refractivity contribution is 0.107. The van der Waals surface area contributed by atoms with Gasteiger partial charge in [0.15, 0.2) is 5.82 Å². The Labute approximate surface area is 276 Å². The molecule has 0 saturated carbocycles. The molecule has 0 radical (unpaired) electrons. The van der Waals surface area contributed by atoms with Gasteiger partial charge in [-0.3, -0.25) is 4.90 Å². The number of nitrogen functional groups attached to an aromatic ring is 1. The van der Waals surface area contributed by atoms with Gasteiger partial charge in [-0.1, -0.05) is 19.9 Å². The van der Waals surface area contributed by atoms with Gasteiger partial charge in [0.25, 0.3) is 0 Å². The van der Waals surface area contributed by atoms with E-state index in [1.54, 1.807) is 0 Å². The van der Waals surface area contributed by atoms with Crippen LogP contribution in [0, 0.1) is 24.1 Å². The Bertz CT molecular complexity index is 1950. The number of halogens is 2. The summed E-state index contributed by atoms with van der Waals surface area (Å²) in [4.78, 5) is 14.2. The van der Waals surface area contributed by atoms with E-state index in [1.807, 2.05) is 32.9 Å². The molecule has 9 nitrogen and oxygen atoms in total. The van der Waals surface area contributed by atoms with E-state index in [4.69, 9.17) is 25.2 Å². The molecule has 246 valence electrons. The number of anilines is 2. The smallest absolute Gasteiger partial charge is 0.319 e. The van der Waals surface area contributed by atoms with Crippen molar-refractivity contribution < 1.29 is 18.3 Å². The minimum Gasteiger partial charge on any atom is -0.461 e. The number of benzene rings is 2. The van der Waals surface area contributed by atoms with Crippen molar-refractivity contribution in [2.45, 2.75) is 83.5 Å². The Kier molecular flexibility index (Phi) is 7.52. The summed E-state index contributed by atoms with van der Waals surface area (Å²) in [7, 11) is 0. The molecule has 2 bridgehead atoms. The maximum absolute atomic E-state index is 17.4. The van der Waals surface area contributed by atoms with E-state index in [0.717, 1.165) is 60.3 Å². The van der Waals surface area contributed by atoms with E-state index in [9.17, 15) is 9.65 Å². The standard InChI is InChI=1S/C33H33F2N7O2S.C2H6/c1-16-3-4-23-25(20(9-36)30(37)45-23)24(16)26-21-13-43-14-22(21)27-29(28(26)35)39-32(40-31(27)42-18-7-19(42)11-38-10-18)44-15-33-5-2-6-41(33)12-17(34)8-33;1-2/h3-4,17-19,38H,2,5-8,10-15,37H2,1H3;1-2H3/t17?,18?,19?,33-;/m0./s1. The Balaban J connectivity index is 0.00000159. The second-order valence-corrected chi connectivity index (χ2v) is 14.3. The highest BCUT2D eigenvalue weighted by Crippen LogP contribution is 2.49. The molecule has 4 atom stereocenters. The van der Waals surface area contributed by atoms with Crippen LogP contribution in [-0.2, 0) is 18.0 Å². The number of hydrogen-bond acceptors (Lipinski definition) is 10. The topological polar surface area (TPSA) is 113 Å². The van der Waals surface area contributed by atoms with Crippen LogP contribution in [-0.4, -0.2) is 71.4 Å². The van der Waals surface area contributed by atoms with E-state index < -0.39 is 12.0 Å². The van der Waals surface area contributed by atoms with Gasteiger partial charge >= 0.3 is 6.01 Å². The number of thiophene rings is 1. The quantitative estimate of drug-likeness (QED) is 0.268. The monoisotopic (exact) mass is 659 g/mol. The molecule has 2 aromatic heterocycles. The fourth-order valence-electron chi connectivity index (χ4n) is 8.73. The number of alkyl halides is 1. The van der Waals surface area contributed by atoms with Gasteiger partial charge < -0.3 is 25.4 Å². The first kappa shape index (κ1) is 30.7. The number of piperidine rings is 1. The van der Waals surface area contributed by atoms with Gasteiger partial charge in [-0.15, -0.1) is 11.3 Å². The lowest BCUT2D eigenvalue weighted by Crippen LogP contribution is -2.68. The predicted octanol–water partition coefficient (Wildman–Crippen LogP) is 5.98. The molecule has 47 heavy (non-hydrogen) atoms. The van der Waals surface area contributed by atoms with Gasteiger partial charge in [0.1, 0.15) is 35.2 Å². The van der Waals surface area contributed by atoms with Crippen LogP contribution in [0.4, 0.5) is 19.6 Å². The number of hydrogen-bond donors (Lipinski definition) is 2. The molecular formula is C35H39F2N7O2S. The predicted molar refractivity (Wildman–Crippen MR) is 180 cm³/mol. The molecule has 2 aromatic carbocycles. The molecule has 4 saturated heterocycles. The molecular weight excluding hydrogens is 620 g/mol. The van der Waals surface area contributed by atoms with E-state index in [-0.39, 0.29) is 42.4 Å². The van der Waals surface area contributed by atoms with Crippen LogP contribution >= 0.6 is 11.3 Å². The number of nitrogens with zero attached hydrogens (tertiary/aromatic N) is 5. The summed E-state index contributed by atoms with van der Waals surface area (Å²) >= 11 is 1.33. The second kappa shape index (κ2) is 11.5. The third kappa shape index (κ3) is 4.54. The van der Waals surface area contributed by atoms with Crippen LogP contribution < -0.4 is 20.7 Å². The maximum Gasteiger partial charge on any atom is 0.319 e. The molecule has 4 aromatic rings. The highest BCUT2D eigenvalue weighted by atomic mass is 32.1. The van der Waals surface area contributed by atoms with Gasteiger partial charge in [0.2, 0.25) is 0 Å². The molecule has 3 N–H and O–H groups in total. The first-order valence-corrected chi connectivity index (χ1v) is 17.5. The van der Waals surface area contributed by atoms with Crippen molar-refractivity contribution in [3.8, 4) is 23.2 Å². The number of fused-ring (bicyclic) bond motifs is 7. The highest BCUT2D eigenvalue weighted by Gasteiger charge is 2.50. The lowest BCUT2D eigenvalue weighted by Gasteiger charge is -2.54. The highest BCUT2D eigenvalue weighted by molar-refractivity contribution is 7.23. The van der Waals surface area contributed by atoms with Gasteiger partial charge in [0.05, 0.1) is 29.7 Å². The fourth-order valence-corrected chi connectivity index (χ4v) is 9.65. The van der Waals surface area contributed by atoms with Crippen molar-refractivity contribution in [3.63, 3.8) is 0 Å². The van der Waals surface area contributed by atoms with Crippen molar-refractivity contribution in [2.75, 3.05) is 43.4 Å². The molecule has 3 unspecified atom stereocenters. The third-order valence-electron chi connectivity index (χ3n) is 10.8. The molecule has 0 amide bonds. The second-order valence-electron chi connectivity index (χ2n) is 13.2. The summed E-state index contributed by atoms with van der Waals surface area (Å²) in [6, 6.07) is 6.73. The average molecular weight is 660 g/mol. The minimum atomic E-state index is -0.882. The summed E-state index contributed by atoms with van der Waals surface area (Å²) in [5.74, 6) is 0.189. The van der Waals surface area contributed by atoms with Gasteiger partial charge in [0, 0.05) is 53.8 Å². The molecule has 0 spiro atoms. The van der Waals surface area contributed by atoms with Crippen LogP contribution in [0.2, 0.25) is 0 Å². The van der Waals surface area contributed by atoms with Crippen LogP contribution in [0.15, 0.2) is 12.1 Å². The number of nitriles is 1. The fraction of sp³-hybridized carbons (Fsp3) is 0.514.